The van der Waals surface area contributed by atoms with Gasteiger partial charge in [-0.15, -0.1) is 0 Å². The molecule has 20 heavy (non-hydrogen) atoms. The van der Waals surface area contributed by atoms with E-state index in [1.807, 2.05) is 0 Å². The lowest BCUT2D eigenvalue weighted by atomic mass is 10.0. The van der Waals surface area contributed by atoms with Crippen molar-refractivity contribution < 1.29 is 22.7 Å². The van der Waals surface area contributed by atoms with Crippen molar-refractivity contribution in [3.8, 4) is 5.75 Å². The summed E-state index contributed by atoms with van der Waals surface area (Å²) >= 11 is 2.90. The van der Waals surface area contributed by atoms with Crippen molar-refractivity contribution in [3.05, 3.63) is 63.4 Å². The van der Waals surface area contributed by atoms with Crippen LogP contribution in [-0.4, -0.2) is 12.9 Å². The molecule has 0 aliphatic rings. The van der Waals surface area contributed by atoms with Gasteiger partial charge in [0.15, 0.2) is 11.6 Å². The lowest BCUT2D eigenvalue weighted by Gasteiger charge is -2.08. The van der Waals surface area contributed by atoms with Crippen LogP contribution in [0.4, 0.5) is 13.2 Å². The van der Waals surface area contributed by atoms with Gasteiger partial charge >= 0.3 is 0 Å². The topological polar surface area (TPSA) is 26.3 Å². The Morgan fingerprint density at radius 1 is 1.15 bits per heavy atom. The Kier molecular flexibility index (Phi) is 4.13. The summed E-state index contributed by atoms with van der Waals surface area (Å²) in [6.07, 6.45) is 0. The fourth-order valence-corrected chi connectivity index (χ4v) is 2.14. The molecule has 0 heterocycles. The van der Waals surface area contributed by atoms with Crippen LogP contribution in [0.3, 0.4) is 0 Å². The second kappa shape index (κ2) is 5.66. The number of rotatable bonds is 3. The summed E-state index contributed by atoms with van der Waals surface area (Å²) in [6, 6.07) is 5.69. The normalized spacial score (nSPS) is 10.4. The van der Waals surface area contributed by atoms with Crippen molar-refractivity contribution in [3.63, 3.8) is 0 Å². The van der Waals surface area contributed by atoms with Crippen LogP contribution < -0.4 is 4.74 Å². The van der Waals surface area contributed by atoms with Crippen LogP contribution in [0.5, 0.6) is 5.75 Å². The van der Waals surface area contributed by atoms with Gasteiger partial charge in [-0.25, -0.2) is 13.2 Å². The summed E-state index contributed by atoms with van der Waals surface area (Å²) in [5.41, 5.74) is -1.26. The molecule has 6 heteroatoms. The van der Waals surface area contributed by atoms with E-state index in [0.717, 1.165) is 18.2 Å². The smallest absolute Gasteiger partial charge is 0.202 e. The number of hydrogen-bond donors (Lipinski definition) is 0. The predicted molar refractivity (Wildman–Crippen MR) is 70.4 cm³/mol. The third-order valence-corrected chi connectivity index (χ3v) is 3.12. The molecule has 0 spiro atoms. The molecule has 0 amide bonds. The van der Waals surface area contributed by atoms with Crippen molar-refractivity contribution >= 4 is 21.7 Å². The van der Waals surface area contributed by atoms with Crippen LogP contribution in [-0.2, 0) is 0 Å². The third-order valence-electron chi connectivity index (χ3n) is 2.66. The Hall–Kier alpha value is -1.82. The van der Waals surface area contributed by atoms with Gasteiger partial charge in [0.1, 0.15) is 11.6 Å². The number of methoxy groups -OCH3 is 1. The zero-order valence-electron chi connectivity index (χ0n) is 10.2. The Labute approximate surface area is 121 Å². The van der Waals surface area contributed by atoms with E-state index in [9.17, 15) is 18.0 Å². The Balaban J connectivity index is 2.58. The van der Waals surface area contributed by atoms with Crippen LogP contribution in [0.25, 0.3) is 0 Å². The Bertz CT molecular complexity index is 663. The van der Waals surface area contributed by atoms with Crippen molar-refractivity contribution in [2.45, 2.75) is 0 Å². The number of halogens is 4. The summed E-state index contributed by atoms with van der Waals surface area (Å²) in [5.74, 6) is -4.34. The minimum Gasteiger partial charge on any atom is -0.494 e. The van der Waals surface area contributed by atoms with Gasteiger partial charge in [-0.2, -0.15) is 0 Å². The van der Waals surface area contributed by atoms with Gasteiger partial charge in [0, 0.05) is 4.47 Å². The molecule has 0 aliphatic carbocycles. The van der Waals surface area contributed by atoms with E-state index >= 15 is 0 Å². The van der Waals surface area contributed by atoms with Gasteiger partial charge in [-0.3, -0.25) is 4.79 Å². The standard InChI is InChI=1S/C14H8BrF3O2/c1-20-11-4-2-3-8(13(11)18)14(19)12-9(16)5-7(15)6-10(12)17/h2-6H,1H3. The highest BCUT2D eigenvalue weighted by atomic mass is 79.9. The van der Waals surface area contributed by atoms with E-state index in [1.54, 1.807) is 0 Å². The maximum Gasteiger partial charge on any atom is 0.202 e. The monoisotopic (exact) mass is 344 g/mol. The number of ketones is 1. The molecule has 0 aromatic heterocycles. The second-order valence-electron chi connectivity index (χ2n) is 3.90. The molecule has 2 aromatic carbocycles. The van der Waals surface area contributed by atoms with E-state index in [4.69, 9.17) is 4.74 Å². The van der Waals surface area contributed by atoms with Gasteiger partial charge < -0.3 is 4.74 Å². The third kappa shape index (κ3) is 2.56. The quantitative estimate of drug-likeness (QED) is 0.783. The first-order valence-corrected chi connectivity index (χ1v) is 6.26. The fourth-order valence-electron chi connectivity index (χ4n) is 1.74. The first kappa shape index (κ1) is 14.6. The fraction of sp³-hybridized carbons (Fsp3) is 0.0714. The molecule has 0 unspecified atom stereocenters. The molecule has 0 bridgehead atoms. The van der Waals surface area contributed by atoms with Gasteiger partial charge in [-0.05, 0) is 24.3 Å². The molecule has 0 fully saturated rings. The SMILES string of the molecule is COc1cccc(C(=O)c2c(F)cc(Br)cc2F)c1F. The lowest BCUT2D eigenvalue weighted by Crippen LogP contribution is -2.10. The van der Waals surface area contributed by atoms with Gasteiger partial charge in [0.25, 0.3) is 0 Å². The minimum atomic E-state index is -1.08. The van der Waals surface area contributed by atoms with Crippen LogP contribution in [0, 0.1) is 17.5 Å². The Morgan fingerprint density at radius 2 is 1.75 bits per heavy atom. The highest BCUT2D eigenvalue weighted by Gasteiger charge is 2.23. The summed E-state index contributed by atoms with van der Waals surface area (Å²) in [4.78, 5) is 12.1. The summed E-state index contributed by atoms with van der Waals surface area (Å²) < 4.78 is 46.3. The summed E-state index contributed by atoms with van der Waals surface area (Å²) in [5, 5.41) is 0. The molecular weight excluding hydrogens is 337 g/mol. The number of hydrogen-bond acceptors (Lipinski definition) is 2. The van der Waals surface area contributed by atoms with Crippen LogP contribution >= 0.6 is 15.9 Å². The van der Waals surface area contributed by atoms with Crippen molar-refractivity contribution in [2.75, 3.05) is 7.11 Å². The van der Waals surface area contributed by atoms with E-state index in [0.29, 0.717) is 0 Å². The van der Waals surface area contributed by atoms with Gasteiger partial charge in [-0.1, -0.05) is 22.0 Å². The number of ether oxygens (including phenoxy) is 1. The number of carbonyl (C=O) groups is 1. The molecule has 0 atom stereocenters. The average Bonchev–Trinajstić information content (AvgIpc) is 2.37. The van der Waals surface area contributed by atoms with E-state index in [2.05, 4.69) is 15.9 Å². The molecule has 0 N–H and O–H groups in total. The zero-order chi connectivity index (χ0) is 14.9. The summed E-state index contributed by atoms with van der Waals surface area (Å²) in [7, 11) is 1.23. The Morgan fingerprint density at radius 3 is 2.30 bits per heavy atom. The minimum absolute atomic E-state index is 0.148. The lowest BCUT2D eigenvalue weighted by molar-refractivity contribution is 0.102. The molecular formula is C14H8BrF3O2. The summed E-state index contributed by atoms with van der Waals surface area (Å²) in [6.45, 7) is 0. The molecule has 0 saturated heterocycles. The largest absolute Gasteiger partial charge is 0.494 e. The molecule has 2 rings (SSSR count). The van der Waals surface area contributed by atoms with E-state index in [-0.39, 0.29) is 10.2 Å². The molecule has 104 valence electrons. The second-order valence-corrected chi connectivity index (χ2v) is 4.81. The maximum atomic E-state index is 14.0. The van der Waals surface area contributed by atoms with E-state index < -0.39 is 34.4 Å². The van der Waals surface area contributed by atoms with Crippen molar-refractivity contribution in [1.29, 1.82) is 0 Å². The number of carbonyl (C=O) groups excluding carboxylic acids is 1. The molecule has 2 nitrogen and oxygen atoms in total. The van der Waals surface area contributed by atoms with Crippen molar-refractivity contribution in [2.24, 2.45) is 0 Å². The maximum absolute atomic E-state index is 14.0. The van der Waals surface area contributed by atoms with Gasteiger partial charge in [0.2, 0.25) is 5.78 Å². The first-order chi connectivity index (χ1) is 9.45. The van der Waals surface area contributed by atoms with E-state index in [1.165, 1.54) is 19.2 Å². The highest BCUT2D eigenvalue weighted by Crippen LogP contribution is 2.26. The van der Waals surface area contributed by atoms with Crippen LogP contribution in [0.2, 0.25) is 0 Å². The van der Waals surface area contributed by atoms with Gasteiger partial charge in [0.05, 0.1) is 18.2 Å². The molecule has 0 aliphatic heterocycles. The molecule has 2 aromatic rings. The zero-order valence-corrected chi connectivity index (χ0v) is 11.8. The van der Waals surface area contributed by atoms with Crippen LogP contribution in [0.15, 0.2) is 34.8 Å². The molecule has 0 radical (unpaired) electrons. The predicted octanol–water partition coefficient (Wildman–Crippen LogP) is 4.11. The van der Waals surface area contributed by atoms with Crippen LogP contribution in [0.1, 0.15) is 15.9 Å². The highest BCUT2D eigenvalue weighted by molar-refractivity contribution is 9.10. The first-order valence-electron chi connectivity index (χ1n) is 5.47. The van der Waals surface area contributed by atoms with Crippen molar-refractivity contribution in [1.82, 2.24) is 0 Å². The molecule has 0 saturated carbocycles. The average molecular weight is 345 g/mol. The number of benzene rings is 2.